The van der Waals surface area contributed by atoms with Crippen molar-refractivity contribution in [1.82, 2.24) is 5.32 Å². The van der Waals surface area contributed by atoms with Crippen LogP contribution in [0.15, 0.2) is 24.3 Å². The van der Waals surface area contributed by atoms with Gasteiger partial charge in [-0.05, 0) is 49.7 Å². The Hall–Kier alpha value is -0.860. The smallest absolute Gasteiger partial charge is 0.0690 e. The average Bonchev–Trinajstić information content (AvgIpc) is 2.88. The van der Waals surface area contributed by atoms with Crippen molar-refractivity contribution >= 4 is 0 Å². The van der Waals surface area contributed by atoms with Crippen LogP contribution < -0.4 is 5.32 Å². The summed E-state index contributed by atoms with van der Waals surface area (Å²) in [7, 11) is 0. The van der Waals surface area contributed by atoms with Crippen LogP contribution in [0, 0.1) is 11.3 Å². The summed E-state index contributed by atoms with van der Waals surface area (Å²) in [6.45, 7) is 1.00. The monoisotopic (exact) mass is 283 g/mol. The third-order valence-corrected chi connectivity index (χ3v) is 6.80. The molecule has 5 rings (SSSR count). The number of hydrogen-bond acceptors (Lipinski definition) is 2. The summed E-state index contributed by atoms with van der Waals surface area (Å²) in [4.78, 5) is 0. The van der Waals surface area contributed by atoms with Gasteiger partial charge in [-0.3, -0.25) is 0 Å². The van der Waals surface area contributed by atoms with Gasteiger partial charge in [0.2, 0.25) is 0 Å². The van der Waals surface area contributed by atoms with Crippen molar-refractivity contribution < 1.29 is 4.74 Å². The highest BCUT2D eigenvalue weighted by Crippen LogP contribution is 2.63. The molecule has 0 amide bonds. The number of hydrogen-bond donors (Lipinski definition) is 1. The van der Waals surface area contributed by atoms with Crippen molar-refractivity contribution in [3.63, 3.8) is 0 Å². The van der Waals surface area contributed by atoms with Crippen LogP contribution in [0.2, 0.25) is 0 Å². The minimum Gasteiger partial charge on any atom is -0.377 e. The van der Waals surface area contributed by atoms with Gasteiger partial charge in [-0.2, -0.15) is 0 Å². The van der Waals surface area contributed by atoms with Gasteiger partial charge < -0.3 is 10.1 Å². The molecule has 1 N–H and O–H groups in total. The van der Waals surface area contributed by atoms with Crippen molar-refractivity contribution in [1.29, 1.82) is 0 Å². The Labute approximate surface area is 127 Å². The fourth-order valence-corrected chi connectivity index (χ4v) is 5.59. The Morgan fingerprint density at radius 3 is 2.76 bits per heavy atom. The van der Waals surface area contributed by atoms with Crippen molar-refractivity contribution in [2.45, 2.75) is 63.1 Å². The standard InChI is InChI=1S/C19H25NO/c1-2-5-14-12-15(7-6-13(14)4-1)20-17-16-8-11-21-18(16)19(17)9-3-10-19/h1-2,4-5,15-18,20H,3,6-12H2/t15-,16+,17+,18+/m0/s1. The first kappa shape index (κ1) is 12.7. The molecule has 21 heavy (non-hydrogen) atoms. The van der Waals surface area contributed by atoms with Gasteiger partial charge in [0.15, 0.2) is 0 Å². The molecule has 0 aromatic heterocycles. The van der Waals surface area contributed by atoms with E-state index in [1.165, 1.54) is 44.9 Å². The van der Waals surface area contributed by atoms with E-state index in [2.05, 4.69) is 29.6 Å². The van der Waals surface area contributed by atoms with Crippen LogP contribution in [0.1, 0.15) is 43.2 Å². The molecule has 4 atom stereocenters. The fourth-order valence-electron chi connectivity index (χ4n) is 5.59. The molecule has 0 radical (unpaired) electrons. The van der Waals surface area contributed by atoms with Gasteiger partial charge in [-0.15, -0.1) is 0 Å². The highest BCUT2D eigenvalue weighted by molar-refractivity contribution is 5.31. The lowest BCUT2D eigenvalue weighted by atomic mass is 9.46. The molecule has 112 valence electrons. The molecule has 2 nitrogen and oxygen atoms in total. The molecular formula is C19H25NO. The summed E-state index contributed by atoms with van der Waals surface area (Å²) in [6.07, 6.45) is 9.87. The minimum atomic E-state index is 0.526. The van der Waals surface area contributed by atoms with E-state index in [9.17, 15) is 0 Å². The first-order valence-electron chi connectivity index (χ1n) is 8.81. The van der Waals surface area contributed by atoms with Gasteiger partial charge in [0.1, 0.15) is 0 Å². The second-order valence-corrected chi connectivity index (χ2v) is 7.68. The lowest BCUT2D eigenvalue weighted by Crippen LogP contribution is -2.72. The number of ether oxygens (including phenoxy) is 1. The van der Waals surface area contributed by atoms with E-state index >= 15 is 0 Å². The van der Waals surface area contributed by atoms with Gasteiger partial charge >= 0.3 is 0 Å². The fraction of sp³-hybridized carbons (Fsp3) is 0.684. The number of fused-ring (bicyclic) bond motifs is 3. The maximum atomic E-state index is 6.05. The average molecular weight is 283 g/mol. The Balaban J connectivity index is 1.32. The quantitative estimate of drug-likeness (QED) is 0.900. The zero-order valence-electron chi connectivity index (χ0n) is 12.7. The van der Waals surface area contributed by atoms with E-state index in [-0.39, 0.29) is 0 Å². The summed E-state index contributed by atoms with van der Waals surface area (Å²) in [6, 6.07) is 10.4. The SMILES string of the molecule is c1ccc2c(c1)CC[C@H](N[C@@H]1[C@H]3CCO[C@H]3C13CCC3)C2. The molecule has 1 aromatic rings. The van der Waals surface area contributed by atoms with Gasteiger partial charge in [-0.25, -0.2) is 0 Å². The summed E-state index contributed by atoms with van der Waals surface area (Å²) < 4.78 is 6.05. The number of aryl methyl sites for hydroxylation is 1. The summed E-state index contributed by atoms with van der Waals surface area (Å²) in [5, 5.41) is 4.08. The highest BCUT2D eigenvalue weighted by atomic mass is 16.5. The molecule has 3 aliphatic carbocycles. The molecule has 2 heteroatoms. The number of rotatable bonds is 2. The Kier molecular flexibility index (Phi) is 2.75. The van der Waals surface area contributed by atoms with Crippen LogP contribution in [0.25, 0.3) is 0 Å². The number of benzene rings is 1. The lowest BCUT2D eigenvalue weighted by molar-refractivity contribution is -0.178. The summed E-state index contributed by atoms with van der Waals surface area (Å²) in [5.41, 5.74) is 3.67. The Morgan fingerprint density at radius 1 is 1.10 bits per heavy atom. The van der Waals surface area contributed by atoms with E-state index in [1.807, 2.05) is 0 Å². The van der Waals surface area contributed by atoms with E-state index in [1.54, 1.807) is 11.1 Å². The lowest BCUT2D eigenvalue weighted by Gasteiger charge is -2.64. The first-order valence-corrected chi connectivity index (χ1v) is 8.81. The molecule has 1 spiro atoms. The Morgan fingerprint density at radius 2 is 1.95 bits per heavy atom. The maximum Gasteiger partial charge on any atom is 0.0690 e. The van der Waals surface area contributed by atoms with E-state index < -0.39 is 0 Å². The molecule has 4 aliphatic rings. The second kappa shape index (κ2) is 4.57. The predicted molar refractivity (Wildman–Crippen MR) is 83.3 cm³/mol. The Bertz CT molecular complexity index is 550. The molecular weight excluding hydrogens is 258 g/mol. The van der Waals surface area contributed by atoms with Crippen molar-refractivity contribution in [2.24, 2.45) is 11.3 Å². The largest absolute Gasteiger partial charge is 0.377 e. The van der Waals surface area contributed by atoms with Crippen LogP contribution >= 0.6 is 0 Å². The van der Waals surface area contributed by atoms with E-state index in [0.717, 1.165) is 18.6 Å². The number of nitrogens with one attached hydrogen (secondary N) is 1. The van der Waals surface area contributed by atoms with Crippen LogP contribution in [0.3, 0.4) is 0 Å². The first-order chi connectivity index (χ1) is 10.4. The van der Waals surface area contributed by atoms with Gasteiger partial charge in [-0.1, -0.05) is 30.7 Å². The normalized spacial score (nSPS) is 39.2. The molecule has 0 unspecified atom stereocenters. The summed E-state index contributed by atoms with van der Waals surface area (Å²) >= 11 is 0. The summed E-state index contributed by atoms with van der Waals surface area (Å²) in [5.74, 6) is 0.808. The minimum absolute atomic E-state index is 0.526. The van der Waals surface area contributed by atoms with Gasteiger partial charge in [0.05, 0.1) is 6.10 Å². The van der Waals surface area contributed by atoms with Gasteiger partial charge in [0.25, 0.3) is 0 Å². The molecule has 3 fully saturated rings. The van der Waals surface area contributed by atoms with E-state index in [4.69, 9.17) is 4.74 Å². The molecule has 1 aliphatic heterocycles. The predicted octanol–water partition coefficient (Wildman–Crippen LogP) is 3.09. The maximum absolute atomic E-state index is 6.05. The highest BCUT2D eigenvalue weighted by Gasteiger charge is 2.66. The van der Waals surface area contributed by atoms with Crippen LogP contribution in [-0.2, 0) is 17.6 Å². The van der Waals surface area contributed by atoms with Gasteiger partial charge in [0, 0.05) is 30.0 Å². The topological polar surface area (TPSA) is 21.3 Å². The third kappa shape index (κ3) is 1.72. The second-order valence-electron chi connectivity index (χ2n) is 7.68. The van der Waals surface area contributed by atoms with Crippen molar-refractivity contribution in [2.75, 3.05) is 6.61 Å². The molecule has 1 aromatic carbocycles. The van der Waals surface area contributed by atoms with E-state index in [0.29, 0.717) is 17.6 Å². The van der Waals surface area contributed by atoms with Crippen LogP contribution in [0.4, 0.5) is 0 Å². The molecule has 2 saturated carbocycles. The molecule has 0 bridgehead atoms. The third-order valence-electron chi connectivity index (χ3n) is 6.80. The zero-order valence-corrected chi connectivity index (χ0v) is 12.7. The zero-order chi connectivity index (χ0) is 13.9. The van der Waals surface area contributed by atoms with Crippen molar-refractivity contribution in [3.8, 4) is 0 Å². The molecule has 1 saturated heterocycles. The molecule has 1 heterocycles. The van der Waals surface area contributed by atoms with Crippen molar-refractivity contribution in [3.05, 3.63) is 35.4 Å². The van der Waals surface area contributed by atoms with Crippen LogP contribution in [-0.4, -0.2) is 24.8 Å². The van der Waals surface area contributed by atoms with Crippen LogP contribution in [0.5, 0.6) is 0 Å².